The molecule has 0 radical (unpaired) electrons. The normalized spacial score (nSPS) is 11.2. The zero-order valence-corrected chi connectivity index (χ0v) is 13.1. The van der Waals surface area contributed by atoms with E-state index in [0.717, 1.165) is 4.31 Å². The topological polar surface area (TPSA) is 72.6 Å². The Kier molecular flexibility index (Phi) is 4.29. The van der Waals surface area contributed by atoms with Gasteiger partial charge in [-0.2, -0.15) is 0 Å². The van der Waals surface area contributed by atoms with Gasteiger partial charge in [-0.1, -0.05) is 17.7 Å². The van der Waals surface area contributed by atoms with Crippen molar-refractivity contribution in [2.45, 2.75) is 4.90 Å². The second-order valence-corrected chi connectivity index (χ2v) is 6.73. The van der Waals surface area contributed by atoms with Gasteiger partial charge in [-0.25, -0.2) is 8.42 Å². The lowest BCUT2D eigenvalue weighted by atomic mass is 10.3. The van der Waals surface area contributed by atoms with Gasteiger partial charge in [0.15, 0.2) is 0 Å². The molecule has 0 saturated carbocycles. The SMILES string of the molecule is COc1cccc(N(C)S(=O)(=O)c2ccc(N)c(Cl)c2)c1. The molecule has 2 aromatic carbocycles. The lowest BCUT2D eigenvalue weighted by Gasteiger charge is -2.20. The average molecular weight is 327 g/mol. The first-order valence-electron chi connectivity index (χ1n) is 6.04. The third-order valence-corrected chi connectivity index (χ3v) is 5.16. The molecule has 0 atom stereocenters. The maximum Gasteiger partial charge on any atom is 0.264 e. The van der Waals surface area contributed by atoms with Crippen LogP contribution >= 0.6 is 11.6 Å². The van der Waals surface area contributed by atoms with E-state index in [0.29, 0.717) is 17.1 Å². The molecule has 0 aromatic heterocycles. The van der Waals surface area contributed by atoms with Crippen molar-refractivity contribution in [3.05, 3.63) is 47.5 Å². The first-order chi connectivity index (χ1) is 9.86. The van der Waals surface area contributed by atoms with E-state index in [9.17, 15) is 8.42 Å². The fourth-order valence-corrected chi connectivity index (χ4v) is 3.23. The van der Waals surface area contributed by atoms with Crippen LogP contribution in [-0.2, 0) is 10.0 Å². The summed E-state index contributed by atoms with van der Waals surface area (Å²) in [6, 6.07) is 11.0. The van der Waals surface area contributed by atoms with E-state index in [1.807, 2.05) is 0 Å². The van der Waals surface area contributed by atoms with Gasteiger partial charge in [0.05, 0.1) is 28.4 Å². The summed E-state index contributed by atoms with van der Waals surface area (Å²) in [6.07, 6.45) is 0. The molecule has 0 spiro atoms. The summed E-state index contributed by atoms with van der Waals surface area (Å²) in [5.41, 5.74) is 6.42. The molecule has 2 N–H and O–H groups in total. The number of nitrogens with two attached hydrogens (primary N) is 1. The summed E-state index contributed by atoms with van der Waals surface area (Å²) < 4.78 is 31.4. The summed E-state index contributed by atoms with van der Waals surface area (Å²) in [6.45, 7) is 0. The summed E-state index contributed by atoms with van der Waals surface area (Å²) in [7, 11) is -0.731. The van der Waals surface area contributed by atoms with Crippen molar-refractivity contribution in [2.75, 3.05) is 24.2 Å². The van der Waals surface area contributed by atoms with E-state index in [1.165, 1.54) is 32.4 Å². The van der Waals surface area contributed by atoms with Crippen LogP contribution in [0.15, 0.2) is 47.4 Å². The van der Waals surface area contributed by atoms with E-state index in [2.05, 4.69) is 0 Å². The van der Waals surface area contributed by atoms with Crippen LogP contribution in [0.4, 0.5) is 11.4 Å². The van der Waals surface area contributed by atoms with Gasteiger partial charge in [-0.15, -0.1) is 0 Å². The second kappa shape index (κ2) is 5.83. The number of nitrogen functional groups attached to an aromatic ring is 1. The first kappa shape index (κ1) is 15.5. The minimum Gasteiger partial charge on any atom is -0.497 e. The predicted molar refractivity (Wildman–Crippen MR) is 84.4 cm³/mol. The Morgan fingerprint density at radius 3 is 2.52 bits per heavy atom. The second-order valence-electron chi connectivity index (χ2n) is 4.36. The number of nitrogens with zero attached hydrogens (tertiary/aromatic N) is 1. The first-order valence-corrected chi connectivity index (χ1v) is 7.86. The van der Waals surface area contributed by atoms with Gasteiger partial charge in [-0.05, 0) is 30.3 Å². The third-order valence-electron chi connectivity index (χ3n) is 3.05. The number of ether oxygens (including phenoxy) is 1. The third kappa shape index (κ3) is 3.06. The van der Waals surface area contributed by atoms with Gasteiger partial charge in [0.2, 0.25) is 0 Å². The van der Waals surface area contributed by atoms with Gasteiger partial charge in [0.1, 0.15) is 5.75 Å². The number of sulfonamides is 1. The molecule has 7 heteroatoms. The van der Waals surface area contributed by atoms with E-state index in [1.54, 1.807) is 24.3 Å². The molecule has 5 nitrogen and oxygen atoms in total. The van der Waals surface area contributed by atoms with Gasteiger partial charge in [-0.3, -0.25) is 4.31 Å². The molecule has 0 aliphatic rings. The number of hydrogen-bond donors (Lipinski definition) is 1. The van der Waals surface area contributed by atoms with Crippen molar-refractivity contribution in [3.63, 3.8) is 0 Å². The molecule has 2 aromatic rings. The molecule has 0 heterocycles. The van der Waals surface area contributed by atoms with Crippen molar-refractivity contribution >= 4 is 33.0 Å². The van der Waals surface area contributed by atoms with Gasteiger partial charge in [0.25, 0.3) is 10.0 Å². The van der Waals surface area contributed by atoms with Crippen LogP contribution in [0.1, 0.15) is 0 Å². The van der Waals surface area contributed by atoms with Crippen molar-refractivity contribution < 1.29 is 13.2 Å². The quantitative estimate of drug-likeness (QED) is 0.877. The monoisotopic (exact) mass is 326 g/mol. The Morgan fingerprint density at radius 2 is 1.90 bits per heavy atom. The minimum absolute atomic E-state index is 0.0759. The fraction of sp³-hybridized carbons (Fsp3) is 0.143. The number of hydrogen-bond acceptors (Lipinski definition) is 4. The lowest BCUT2D eigenvalue weighted by Crippen LogP contribution is -2.26. The fourth-order valence-electron chi connectivity index (χ4n) is 1.77. The summed E-state index contributed by atoms with van der Waals surface area (Å²) in [5.74, 6) is 0.574. The molecule has 2 rings (SSSR count). The van der Waals surface area contributed by atoms with E-state index in [4.69, 9.17) is 22.1 Å². The summed E-state index contributed by atoms with van der Waals surface area (Å²) in [5, 5.41) is 0.204. The van der Waals surface area contributed by atoms with Crippen molar-refractivity contribution in [2.24, 2.45) is 0 Å². The molecular weight excluding hydrogens is 312 g/mol. The lowest BCUT2D eigenvalue weighted by molar-refractivity contribution is 0.415. The van der Waals surface area contributed by atoms with Crippen LogP contribution < -0.4 is 14.8 Å². The molecule has 0 unspecified atom stereocenters. The van der Waals surface area contributed by atoms with E-state index < -0.39 is 10.0 Å². The van der Waals surface area contributed by atoms with E-state index >= 15 is 0 Å². The number of halogens is 1. The largest absolute Gasteiger partial charge is 0.497 e. The molecule has 0 fully saturated rings. The highest BCUT2D eigenvalue weighted by Gasteiger charge is 2.22. The van der Waals surface area contributed by atoms with Crippen molar-refractivity contribution in [3.8, 4) is 5.75 Å². The van der Waals surface area contributed by atoms with Gasteiger partial charge >= 0.3 is 0 Å². The number of benzene rings is 2. The number of methoxy groups -OCH3 is 1. The van der Waals surface area contributed by atoms with Crippen LogP contribution in [0, 0.1) is 0 Å². The molecule has 0 amide bonds. The Balaban J connectivity index is 2.44. The Morgan fingerprint density at radius 1 is 1.19 bits per heavy atom. The molecule has 112 valence electrons. The molecule has 0 saturated heterocycles. The maximum atomic E-state index is 12.6. The Labute approximate surface area is 128 Å². The highest BCUT2D eigenvalue weighted by atomic mass is 35.5. The van der Waals surface area contributed by atoms with Crippen LogP contribution in [-0.4, -0.2) is 22.6 Å². The number of anilines is 2. The standard InChI is InChI=1S/C14H15ClN2O3S/c1-17(10-4-3-5-11(8-10)20-2)21(18,19)12-6-7-14(16)13(15)9-12/h3-9H,16H2,1-2H3. The maximum absolute atomic E-state index is 12.6. The van der Waals surface area contributed by atoms with Crippen LogP contribution in [0.5, 0.6) is 5.75 Å². The molecular formula is C14H15ClN2O3S. The smallest absolute Gasteiger partial charge is 0.264 e. The zero-order valence-electron chi connectivity index (χ0n) is 11.6. The van der Waals surface area contributed by atoms with Crippen molar-refractivity contribution in [1.29, 1.82) is 0 Å². The highest BCUT2D eigenvalue weighted by molar-refractivity contribution is 7.92. The van der Waals surface area contributed by atoms with Crippen LogP contribution in [0.3, 0.4) is 0 Å². The zero-order chi connectivity index (χ0) is 15.6. The molecule has 0 bridgehead atoms. The number of rotatable bonds is 4. The van der Waals surface area contributed by atoms with Crippen LogP contribution in [0.2, 0.25) is 5.02 Å². The highest BCUT2D eigenvalue weighted by Crippen LogP contribution is 2.28. The molecule has 0 aliphatic carbocycles. The van der Waals surface area contributed by atoms with Crippen molar-refractivity contribution in [1.82, 2.24) is 0 Å². The predicted octanol–water partition coefficient (Wildman–Crippen LogP) is 2.76. The summed E-state index contributed by atoms with van der Waals surface area (Å²) in [4.78, 5) is 0.0759. The Bertz CT molecular complexity index is 763. The Hall–Kier alpha value is -1.92. The minimum atomic E-state index is -3.72. The molecule has 0 aliphatic heterocycles. The average Bonchev–Trinajstić information content (AvgIpc) is 2.49. The summed E-state index contributed by atoms with van der Waals surface area (Å²) >= 11 is 5.89. The van der Waals surface area contributed by atoms with Crippen LogP contribution in [0.25, 0.3) is 0 Å². The van der Waals surface area contributed by atoms with Gasteiger partial charge in [0, 0.05) is 13.1 Å². The van der Waals surface area contributed by atoms with E-state index in [-0.39, 0.29) is 9.92 Å². The van der Waals surface area contributed by atoms with Gasteiger partial charge < -0.3 is 10.5 Å². The molecule has 21 heavy (non-hydrogen) atoms.